The molecule has 0 N–H and O–H groups in total. The maximum absolute atomic E-state index is 13.6. The van der Waals surface area contributed by atoms with E-state index in [2.05, 4.69) is 35.7 Å². The first kappa shape index (κ1) is 16.0. The van der Waals surface area contributed by atoms with E-state index in [1.807, 2.05) is 30.3 Å². The first-order valence-corrected chi connectivity index (χ1v) is 9.86. The highest BCUT2D eigenvalue weighted by molar-refractivity contribution is 7.17. The van der Waals surface area contributed by atoms with Crippen molar-refractivity contribution in [1.29, 1.82) is 0 Å². The molecular formula is C20H22N4OS. The summed E-state index contributed by atoms with van der Waals surface area (Å²) < 4.78 is 0. The molecule has 0 bridgehead atoms. The summed E-state index contributed by atoms with van der Waals surface area (Å²) in [6.07, 6.45) is 0.902. The second-order valence-electron chi connectivity index (χ2n) is 7.84. The Morgan fingerprint density at radius 2 is 1.96 bits per heavy atom. The van der Waals surface area contributed by atoms with Crippen molar-refractivity contribution in [2.45, 2.75) is 32.4 Å². The van der Waals surface area contributed by atoms with Crippen molar-refractivity contribution < 1.29 is 4.79 Å². The Hall–Kier alpha value is -2.18. The van der Waals surface area contributed by atoms with Crippen LogP contribution in [-0.2, 0) is 13.0 Å². The van der Waals surface area contributed by atoms with Crippen LogP contribution in [0.4, 0.5) is 10.7 Å². The summed E-state index contributed by atoms with van der Waals surface area (Å²) in [5, 5.41) is 1.09. The third-order valence-electron chi connectivity index (χ3n) is 5.79. The first-order chi connectivity index (χ1) is 12.5. The first-order valence-electron chi connectivity index (χ1n) is 9.04. The number of thiophene rings is 1. The van der Waals surface area contributed by atoms with Gasteiger partial charge in [-0.1, -0.05) is 18.2 Å². The lowest BCUT2D eigenvalue weighted by Crippen LogP contribution is -2.51. The van der Waals surface area contributed by atoms with Crippen molar-refractivity contribution >= 4 is 33.9 Å². The van der Waals surface area contributed by atoms with Gasteiger partial charge in [-0.3, -0.25) is 14.7 Å². The monoisotopic (exact) mass is 366 g/mol. The Morgan fingerprint density at radius 1 is 1.19 bits per heavy atom. The number of benzene rings is 1. The predicted octanol–water partition coefficient (Wildman–Crippen LogP) is 3.35. The van der Waals surface area contributed by atoms with Gasteiger partial charge < -0.3 is 4.90 Å². The molecule has 4 heterocycles. The molecule has 1 aromatic heterocycles. The zero-order valence-electron chi connectivity index (χ0n) is 15.3. The molecule has 3 aliphatic rings. The average Bonchev–Trinajstić information content (AvgIpc) is 3.21. The fourth-order valence-corrected chi connectivity index (χ4v) is 5.44. The van der Waals surface area contributed by atoms with E-state index in [9.17, 15) is 4.79 Å². The largest absolute Gasteiger partial charge is 0.301 e. The van der Waals surface area contributed by atoms with E-state index in [-0.39, 0.29) is 11.4 Å². The molecule has 0 saturated heterocycles. The molecule has 1 aromatic carbocycles. The Balaban J connectivity index is 1.69. The van der Waals surface area contributed by atoms with E-state index in [1.165, 1.54) is 10.4 Å². The number of carbonyl (C=O) groups is 1. The van der Waals surface area contributed by atoms with E-state index in [1.54, 1.807) is 16.2 Å². The lowest BCUT2D eigenvalue weighted by atomic mass is 9.87. The highest BCUT2D eigenvalue weighted by Crippen LogP contribution is 2.46. The molecule has 0 aliphatic carbocycles. The van der Waals surface area contributed by atoms with Crippen LogP contribution >= 0.6 is 11.3 Å². The fourth-order valence-electron chi connectivity index (χ4n) is 4.05. The van der Waals surface area contributed by atoms with Crippen molar-refractivity contribution in [2.24, 2.45) is 4.99 Å². The quantitative estimate of drug-likeness (QED) is 0.777. The second kappa shape index (κ2) is 5.41. The van der Waals surface area contributed by atoms with Gasteiger partial charge >= 0.3 is 0 Å². The maximum atomic E-state index is 13.6. The summed E-state index contributed by atoms with van der Waals surface area (Å²) in [6.45, 7) is 6.99. The number of fused-ring (bicyclic) bond motifs is 5. The number of carbonyl (C=O) groups excluding carboxylic acids is 1. The van der Waals surface area contributed by atoms with E-state index in [0.29, 0.717) is 0 Å². The highest BCUT2D eigenvalue weighted by Gasteiger charge is 2.44. The minimum Gasteiger partial charge on any atom is -0.301 e. The smallest absolute Gasteiger partial charge is 0.268 e. The van der Waals surface area contributed by atoms with E-state index < -0.39 is 0 Å². The van der Waals surface area contributed by atoms with Crippen LogP contribution in [-0.4, -0.2) is 42.4 Å². The number of rotatable bonds is 1. The van der Waals surface area contributed by atoms with Crippen LogP contribution in [0.1, 0.15) is 34.6 Å². The minimum absolute atomic E-state index is 0.0546. The number of hydrogen-bond acceptors (Lipinski definition) is 5. The molecule has 5 rings (SSSR count). The van der Waals surface area contributed by atoms with E-state index in [0.717, 1.165) is 48.3 Å². The van der Waals surface area contributed by atoms with Gasteiger partial charge in [0.25, 0.3) is 5.91 Å². The molecule has 26 heavy (non-hydrogen) atoms. The van der Waals surface area contributed by atoms with Crippen molar-refractivity contribution in [3.8, 4) is 0 Å². The summed E-state index contributed by atoms with van der Waals surface area (Å²) in [7, 11) is 2.17. The van der Waals surface area contributed by atoms with Crippen molar-refractivity contribution in [3.63, 3.8) is 0 Å². The number of hydrogen-bond donors (Lipinski definition) is 0. The van der Waals surface area contributed by atoms with Gasteiger partial charge in [0.2, 0.25) is 5.96 Å². The maximum Gasteiger partial charge on any atom is 0.268 e. The van der Waals surface area contributed by atoms with Crippen molar-refractivity contribution in [3.05, 3.63) is 46.3 Å². The molecule has 0 radical (unpaired) electrons. The average molecular weight is 366 g/mol. The third kappa shape index (κ3) is 2.12. The van der Waals surface area contributed by atoms with Crippen LogP contribution in [0.25, 0.3) is 0 Å². The number of likely N-dealkylation sites (N-methyl/N-ethyl adjacent to an activating group) is 1. The van der Waals surface area contributed by atoms with E-state index in [4.69, 9.17) is 0 Å². The van der Waals surface area contributed by atoms with Gasteiger partial charge in [-0.2, -0.15) is 0 Å². The highest BCUT2D eigenvalue weighted by atomic mass is 32.1. The van der Waals surface area contributed by atoms with Gasteiger partial charge in [-0.15, -0.1) is 11.3 Å². The van der Waals surface area contributed by atoms with Crippen LogP contribution in [0.3, 0.4) is 0 Å². The molecule has 1 amide bonds. The van der Waals surface area contributed by atoms with Crippen LogP contribution in [0.5, 0.6) is 0 Å². The summed E-state index contributed by atoms with van der Waals surface area (Å²) in [6, 6.07) is 9.89. The number of nitrogens with zero attached hydrogens (tertiary/aromatic N) is 4. The SMILES string of the molecule is CN1Cc2sc3c(c2CC1(C)C)C(=O)N(c1ccccc1)C1=NCCN13. The van der Waals surface area contributed by atoms with Gasteiger partial charge in [-0.05, 0) is 45.0 Å². The topological polar surface area (TPSA) is 39.2 Å². The van der Waals surface area contributed by atoms with Crippen LogP contribution in [0.2, 0.25) is 0 Å². The molecule has 6 heteroatoms. The normalized spacial score (nSPS) is 21.3. The molecule has 3 aliphatic heterocycles. The Labute approximate surface area is 157 Å². The third-order valence-corrected chi connectivity index (χ3v) is 7.03. The molecule has 0 unspecified atom stereocenters. The lowest BCUT2D eigenvalue weighted by molar-refractivity contribution is 0.0995. The van der Waals surface area contributed by atoms with Crippen LogP contribution in [0, 0.1) is 0 Å². The van der Waals surface area contributed by atoms with Crippen LogP contribution in [0.15, 0.2) is 35.3 Å². The number of amides is 1. The Morgan fingerprint density at radius 3 is 2.73 bits per heavy atom. The van der Waals surface area contributed by atoms with Gasteiger partial charge in [0.05, 0.1) is 17.8 Å². The zero-order chi connectivity index (χ0) is 18.1. The fraction of sp³-hybridized carbons (Fsp3) is 0.400. The molecule has 0 fully saturated rings. The molecule has 134 valence electrons. The summed E-state index contributed by atoms with van der Waals surface area (Å²) in [4.78, 5) is 26.0. The van der Waals surface area contributed by atoms with Gasteiger partial charge in [-0.25, -0.2) is 4.90 Å². The van der Waals surface area contributed by atoms with Crippen LogP contribution < -0.4 is 9.80 Å². The number of guanidine groups is 1. The lowest BCUT2D eigenvalue weighted by Gasteiger charge is -2.40. The molecule has 0 atom stereocenters. The summed E-state index contributed by atoms with van der Waals surface area (Å²) >= 11 is 1.78. The van der Waals surface area contributed by atoms with Crippen molar-refractivity contribution in [1.82, 2.24) is 4.90 Å². The summed E-state index contributed by atoms with van der Waals surface area (Å²) in [5.74, 6) is 0.848. The number of anilines is 2. The minimum atomic E-state index is 0.0546. The standard InChI is InChI=1S/C20H22N4OS/c1-20(2)11-14-15(12-22(20)3)26-18-16(14)17(25)24(13-7-5-4-6-8-13)19-21-9-10-23(18)19/h4-8H,9-12H2,1-3H3. The number of para-hydroxylation sites is 1. The Bertz CT molecular complexity index is 931. The predicted molar refractivity (Wildman–Crippen MR) is 106 cm³/mol. The van der Waals surface area contributed by atoms with Gasteiger partial charge in [0, 0.05) is 23.5 Å². The van der Waals surface area contributed by atoms with Crippen molar-refractivity contribution in [2.75, 3.05) is 29.9 Å². The van der Waals surface area contributed by atoms with Gasteiger partial charge in [0.15, 0.2) is 0 Å². The number of aliphatic imine (C=N–C) groups is 1. The molecule has 0 spiro atoms. The molecular weight excluding hydrogens is 344 g/mol. The summed E-state index contributed by atoms with van der Waals surface area (Å²) in [5.41, 5.74) is 3.08. The molecule has 0 saturated carbocycles. The second-order valence-corrected chi connectivity index (χ2v) is 8.92. The Kier molecular flexibility index (Phi) is 3.33. The molecule has 5 nitrogen and oxygen atoms in total. The molecule has 2 aromatic rings. The van der Waals surface area contributed by atoms with E-state index >= 15 is 0 Å². The van der Waals surface area contributed by atoms with Gasteiger partial charge in [0.1, 0.15) is 5.00 Å². The zero-order valence-corrected chi connectivity index (χ0v) is 16.1.